The molecule has 9 nitrogen and oxygen atoms in total. The van der Waals surface area contributed by atoms with Crippen LogP contribution in [0.15, 0.2) is 24.8 Å². The number of hydrogen-bond donors (Lipinski definition) is 4. The molecule has 230 valence electrons. The molecule has 6 rings (SSSR count). The van der Waals surface area contributed by atoms with Gasteiger partial charge in [0.2, 0.25) is 0 Å². The Kier molecular flexibility index (Phi) is 7.58. The second kappa shape index (κ2) is 11.1. The molecule has 0 saturated heterocycles. The van der Waals surface area contributed by atoms with E-state index in [1.165, 1.54) is 7.11 Å². The number of nitrogens with zero attached hydrogens (tertiary/aromatic N) is 2. The van der Waals surface area contributed by atoms with Crippen LogP contribution in [0.3, 0.4) is 0 Å². The predicted octanol–water partition coefficient (Wildman–Crippen LogP) is 6.03. The van der Waals surface area contributed by atoms with E-state index in [0.717, 1.165) is 62.5 Å². The number of ether oxygens (including phenoxy) is 1. The van der Waals surface area contributed by atoms with Crippen molar-refractivity contribution < 1.29 is 24.5 Å². The first-order chi connectivity index (χ1) is 21.0. The summed E-state index contributed by atoms with van der Waals surface area (Å²) in [5.74, 6) is -3.09. The number of fused-ring (bicyclic) bond motifs is 8. The molecular weight excluding hydrogens is 556 g/mol. The van der Waals surface area contributed by atoms with Gasteiger partial charge in [0.05, 0.1) is 30.1 Å². The number of hydrogen-bond acceptors (Lipinski definition) is 7. The summed E-state index contributed by atoms with van der Waals surface area (Å²) in [5.41, 5.74) is 11.2. The maximum absolute atomic E-state index is 14.1. The van der Waals surface area contributed by atoms with Crippen LogP contribution in [-0.4, -0.2) is 55.3 Å². The number of nitrogens with one attached hydrogen (secondary N) is 2. The number of allylic oxidation sites excluding steroid dienone is 2. The normalized spacial score (nSPS) is 23.4. The molecule has 5 atom stereocenters. The lowest BCUT2D eigenvalue weighted by Crippen LogP contribution is -2.23. The van der Waals surface area contributed by atoms with E-state index in [2.05, 4.69) is 43.4 Å². The first-order valence-electron chi connectivity index (χ1n) is 15.4. The maximum Gasteiger partial charge on any atom is 0.320 e. The van der Waals surface area contributed by atoms with Crippen molar-refractivity contribution in [2.45, 2.75) is 89.8 Å². The number of ketones is 1. The SMILES string of the molecule is C=Cc1c(C)c2cc3nc(c4c5[nH]c(cc6nc(cc1[nH]2)C(C)=C6CC)C(C)C5C(=O)[C@@H]4C(=O)OC)[C@@H](CCC(O)O)[C@@H]3C. The lowest BCUT2D eigenvalue weighted by Gasteiger charge is -2.19. The van der Waals surface area contributed by atoms with Crippen LogP contribution in [0, 0.1) is 6.92 Å². The third-order valence-corrected chi connectivity index (χ3v) is 10.0. The van der Waals surface area contributed by atoms with Crippen LogP contribution < -0.4 is 0 Å². The van der Waals surface area contributed by atoms with Crippen molar-refractivity contribution in [1.82, 2.24) is 19.9 Å². The largest absolute Gasteiger partial charge is 0.468 e. The van der Waals surface area contributed by atoms with Crippen molar-refractivity contribution in [3.63, 3.8) is 0 Å². The van der Waals surface area contributed by atoms with Gasteiger partial charge in [-0.1, -0.05) is 33.4 Å². The third kappa shape index (κ3) is 4.52. The van der Waals surface area contributed by atoms with Gasteiger partial charge in [-0.2, -0.15) is 0 Å². The molecule has 5 heterocycles. The van der Waals surface area contributed by atoms with E-state index >= 15 is 0 Å². The van der Waals surface area contributed by atoms with Crippen LogP contribution >= 0.6 is 0 Å². The summed E-state index contributed by atoms with van der Waals surface area (Å²) in [5, 5.41) is 19.6. The Hall–Kier alpha value is -4.08. The van der Waals surface area contributed by atoms with E-state index < -0.39 is 24.1 Å². The number of esters is 1. The molecule has 0 aromatic carbocycles. The predicted molar refractivity (Wildman–Crippen MR) is 169 cm³/mol. The zero-order valence-electron chi connectivity index (χ0n) is 26.1. The molecule has 0 spiro atoms. The van der Waals surface area contributed by atoms with Gasteiger partial charge in [-0.15, -0.1) is 0 Å². The first kappa shape index (κ1) is 30.0. The summed E-state index contributed by atoms with van der Waals surface area (Å²) in [6, 6.07) is 6.12. The molecule has 0 amide bonds. The molecule has 2 unspecified atom stereocenters. The number of aryl methyl sites for hydroxylation is 1. The molecule has 0 radical (unpaired) electrons. The molecule has 2 aromatic heterocycles. The van der Waals surface area contributed by atoms with E-state index in [4.69, 9.17) is 14.7 Å². The lowest BCUT2D eigenvalue weighted by atomic mass is 9.84. The molecule has 44 heavy (non-hydrogen) atoms. The topological polar surface area (TPSA) is 141 Å². The highest BCUT2D eigenvalue weighted by Gasteiger charge is 2.52. The average molecular weight is 597 g/mol. The number of carbonyl (C=O) groups excluding carboxylic acids is 2. The summed E-state index contributed by atoms with van der Waals surface area (Å²) in [4.78, 5) is 44.6. The van der Waals surface area contributed by atoms with Gasteiger partial charge in [-0.3, -0.25) is 14.6 Å². The Morgan fingerprint density at radius 1 is 1.09 bits per heavy atom. The summed E-state index contributed by atoms with van der Waals surface area (Å²) >= 11 is 0. The van der Waals surface area contributed by atoms with Gasteiger partial charge in [-0.25, -0.2) is 4.98 Å². The van der Waals surface area contributed by atoms with Gasteiger partial charge in [0.15, 0.2) is 12.1 Å². The summed E-state index contributed by atoms with van der Waals surface area (Å²) in [7, 11) is 1.30. The fourth-order valence-electron chi connectivity index (χ4n) is 7.53. The monoisotopic (exact) mass is 596 g/mol. The molecule has 9 heteroatoms. The summed E-state index contributed by atoms with van der Waals surface area (Å²) < 4.78 is 5.17. The molecular formula is C35H40N4O5. The van der Waals surface area contributed by atoms with Crippen LogP contribution in [0.5, 0.6) is 0 Å². The Bertz CT molecular complexity index is 1810. The van der Waals surface area contributed by atoms with Crippen LogP contribution in [0.1, 0.15) is 127 Å². The Morgan fingerprint density at radius 3 is 2.50 bits per heavy atom. The number of Topliss-reactive ketones (excluding diaryl/α,β-unsaturated/α-hetero) is 1. The highest BCUT2D eigenvalue weighted by Crippen LogP contribution is 2.53. The van der Waals surface area contributed by atoms with E-state index in [9.17, 15) is 19.8 Å². The molecule has 4 aliphatic rings. The van der Waals surface area contributed by atoms with Gasteiger partial charge in [0.1, 0.15) is 5.92 Å². The number of aromatic amines is 2. The fourth-order valence-corrected chi connectivity index (χ4v) is 7.53. The smallest absolute Gasteiger partial charge is 0.320 e. The van der Waals surface area contributed by atoms with E-state index in [-0.39, 0.29) is 30.0 Å². The van der Waals surface area contributed by atoms with Crippen molar-refractivity contribution in [3.05, 3.63) is 75.6 Å². The molecule has 0 saturated carbocycles. The summed E-state index contributed by atoms with van der Waals surface area (Å²) in [6.45, 7) is 14.4. The van der Waals surface area contributed by atoms with Gasteiger partial charge in [0, 0.05) is 57.0 Å². The number of rotatable bonds is 6. The van der Waals surface area contributed by atoms with Crippen LogP contribution in [0.4, 0.5) is 0 Å². The van der Waals surface area contributed by atoms with Crippen molar-refractivity contribution in [2.75, 3.05) is 7.11 Å². The van der Waals surface area contributed by atoms with Crippen LogP contribution in [-0.2, 0) is 14.3 Å². The van der Waals surface area contributed by atoms with Crippen molar-refractivity contribution >= 4 is 40.0 Å². The average Bonchev–Trinajstić information content (AvgIpc) is 3.72. The number of aliphatic hydroxyl groups excluding tert-OH is 1. The van der Waals surface area contributed by atoms with Gasteiger partial charge >= 0.3 is 5.97 Å². The lowest BCUT2D eigenvalue weighted by molar-refractivity contribution is -0.145. The van der Waals surface area contributed by atoms with E-state index in [0.29, 0.717) is 23.4 Å². The molecule has 0 fully saturated rings. The number of methoxy groups -OCH3 is 1. The van der Waals surface area contributed by atoms with E-state index in [1.54, 1.807) is 0 Å². The van der Waals surface area contributed by atoms with Crippen LogP contribution in [0.25, 0.3) is 28.3 Å². The minimum atomic E-state index is -1.49. The minimum Gasteiger partial charge on any atom is -0.468 e. The second-order valence-corrected chi connectivity index (χ2v) is 12.4. The standard InChI is InChI=1S/C35H40N4O5/c1-8-19-15(3)22-12-24-17(5)21(10-11-28(40)41)32(38-24)30-31(35(43)44-7)34(42)29-18(6)25(39-33(29)30)14-27-20(9-2)16(4)23(37-27)13-26(19)36-22/h8,12-14,17-18,21,28-29,31,36,39-41H,1,9-11H2,2-7H3/t17-,18?,21-,29?,31+/m0/s1. The van der Waals surface area contributed by atoms with Gasteiger partial charge in [0.25, 0.3) is 0 Å². The zero-order valence-corrected chi connectivity index (χ0v) is 26.1. The fraction of sp³-hybridized carbons (Fsp3) is 0.429. The Balaban J connectivity index is 1.78. The highest BCUT2D eigenvalue weighted by molar-refractivity contribution is 6.11. The van der Waals surface area contributed by atoms with Gasteiger partial charge < -0.3 is 24.9 Å². The Labute approximate surface area is 256 Å². The first-order valence-corrected chi connectivity index (χ1v) is 15.4. The molecule has 3 aliphatic heterocycles. The molecule has 4 N–H and O–H groups in total. The summed E-state index contributed by atoms with van der Waals surface area (Å²) in [6.07, 6.45) is 1.70. The number of aromatic nitrogens is 4. The van der Waals surface area contributed by atoms with Crippen molar-refractivity contribution in [2.24, 2.45) is 0 Å². The molecule has 8 bridgehead atoms. The van der Waals surface area contributed by atoms with Gasteiger partial charge in [-0.05, 0) is 68.0 Å². The third-order valence-electron chi connectivity index (χ3n) is 10.0. The second-order valence-electron chi connectivity index (χ2n) is 12.4. The van der Waals surface area contributed by atoms with E-state index in [1.807, 2.05) is 32.1 Å². The quantitative estimate of drug-likeness (QED) is 0.181. The number of H-pyrrole nitrogens is 2. The zero-order chi connectivity index (χ0) is 31.6. The van der Waals surface area contributed by atoms with Crippen LogP contribution in [0.2, 0.25) is 0 Å². The van der Waals surface area contributed by atoms with Crippen molar-refractivity contribution in [3.8, 4) is 0 Å². The highest BCUT2D eigenvalue weighted by atomic mass is 16.5. The molecule has 1 aliphatic carbocycles. The molecule has 2 aromatic rings. The minimum absolute atomic E-state index is 0.121. The number of aliphatic hydroxyl groups is 2. The number of carbonyl (C=O) groups is 2. The maximum atomic E-state index is 14.1. The van der Waals surface area contributed by atoms with Crippen molar-refractivity contribution in [1.29, 1.82) is 0 Å². The Morgan fingerprint density at radius 2 is 1.84 bits per heavy atom.